The van der Waals surface area contributed by atoms with E-state index >= 15 is 0 Å². The largest absolute Gasteiger partial charge is 0.370 e. The van der Waals surface area contributed by atoms with E-state index in [1.165, 1.54) is 0 Å². The number of fused-ring (bicyclic) bond motifs is 1. The summed E-state index contributed by atoms with van der Waals surface area (Å²) in [4.78, 5) is 11.5. The summed E-state index contributed by atoms with van der Waals surface area (Å²) in [5, 5.41) is 16.5. The number of nitrogens with one attached hydrogen (secondary N) is 2. The quantitative estimate of drug-likeness (QED) is 0.808. The van der Waals surface area contributed by atoms with Gasteiger partial charge < -0.3 is 15.7 Å². The van der Waals surface area contributed by atoms with Crippen molar-refractivity contribution in [3.05, 3.63) is 70.8 Å². The molecule has 2 heterocycles. The molecule has 2 aliphatic rings. The maximum Gasteiger partial charge on any atom is 0.220 e. The van der Waals surface area contributed by atoms with Gasteiger partial charge in [-0.3, -0.25) is 4.79 Å². The Balaban J connectivity index is 1.54. The van der Waals surface area contributed by atoms with E-state index in [2.05, 4.69) is 47.9 Å². The molecular weight excluding hydrogens is 312 g/mol. The third-order valence-electron chi connectivity index (χ3n) is 5.21. The van der Waals surface area contributed by atoms with Gasteiger partial charge in [-0.2, -0.15) is 0 Å². The minimum absolute atomic E-state index is 0.117. The highest BCUT2D eigenvalue weighted by Crippen LogP contribution is 2.32. The maximum absolute atomic E-state index is 11.5. The lowest BCUT2D eigenvalue weighted by molar-refractivity contribution is -0.119. The summed E-state index contributed by atoms with van der Waals surface area (Å²) in [6.07, 6.45) is 3.49. The fraction of sp³-hybridized carbons (Fsp3) is 0.286. The first-order valence-electron chi connectivity index (χ1n) is 8.68. The zero-order valence-corrected chi connectivity index (χ0v) is 14.3. The summed E-state index contributed by atoms with van der Waals surface area (Å²) in [6.45, 7) is 2.07. The summed E-state index contributed by atoms with van der Waals surface area (Å²) < 4.78 is 0. The summed E-state index contributed by atoms with van der Waals surface area (Å²) in [6, 6.07) is 16.3. The van der Waals surface area contributed by atoms with Crippen LogP contribution in [0.1, 0.15) is 36.5 Å². The minimum Gasteiger partial charge on any atom is -0.370 e. The van der Waals surface area contributed by atoms with Crippen molar-refractivity contribution in [2.45, 2.75) is 38.0 Å². The van der Waals surface area contributed by atoms with Crippen molar-refractivity contribution < 1.29 is 9.90 Å². The van der Waals surface area contributed by atoms with E-state index in [1.54, 1.807) is 0 Å². The molecule has 3 N–H and O–H groups in total. The standard InChI is InChI=1S/C21H22N2O2/c1-21(11-10-19(24)23-21)17-8-6-14(7-9-17)12-16-13-15-4-2-3-5-18(15)22-20(16)25/h2-9,13,20,22,25H,10-12H2,1H3,(H,23,24). The van der Waals surface area contributed by atoms with Gasteiger partial charge in [-0.25, -0.2) is 0 Å². The van der Waals surface area contributed by atoms with Crippen LogP contribution in [0.2, 0.25) is 0 Å². The molecule has 0 saturated carbocycles. The Labute approximate surface area is 147 Å². The van der Waals surface area contributed by atoms with Gasteiger partial charge >= 0.3 is 0 Å². The number of para-hydroxylation sites is 1. The van der Waals surface area contributed by atoms with Gasteiger partial charge in [0.05, 0.1) is 5.54 Å². The van der Waals surface area contributed by atoms with E-state index in [1.807, 2.05) is 24.3 Å². The predicted octanol–water partition coefficient (Wildman–Crippen LogP) is 3.18. The molecule has 0 aromatic heterocycles. The molecule has 1 amide bonds. The zero-order chi connectivity index (χ0) is 17.4. The number of aliphatic hydroxyl groups is 1. The van der Waals surface area contributed by atoms with Gasteiger partial charge in [-0.05, 0) is 54.2 Å². The van der Waals surface area contributed by atoms with Crippen molar-refractivity contribution in [3.63, 3.8) is 0 Å². The van der Waals surface area contributed by atoms with E-state index in [0.29, 0.717) is 12.8 Å². The normalized spacial score (nSPS) is 25.0. The monoisotopic (exact) mass is 334 g/mol. The molecule has 0 aliphatic carbocycles. The molecule has 0 bridgehead atoms. The minimum atomic E-state index is -0.666. The predicted molar refractivity (Wildman–Crippen MR) is 98.9 cm³/mol. The molecule has 2 aromatic carbocycles. The molecule has 128 valence electrons. The van der Waals surface area contributed by atoms with Gasteiger partial charge in [0, 0.05) is 12.1 Å². The molecule has 2 unspecified atom stereocenters. The third-order valence-corrected chi connectivity index (χ3v) is 5.21. The summed E-state index contributed by atoms with van der Waals surface area (Å²) in [5.74, 6) is 0.117. The lowest BCUT2D eigenvalue weighted by atomic mass is 9.89. The lowest BCUT2D eigenvalue weighted by Gasteiger charge is -2.26. The van der Waals surface area contributed by atoms with E-state index in [4.69, 9.17) is 0 Å². The van der Waals surface area contributed by atoms with E-state index in [0.717, 1.165) is 34.4 Å². The second kappa shape index (κ2) is 6.05. The molecule has 2 atom stereocenters. The molecule has 1 fully saturated rings. The van der Waals surface area contributed by atoms with Gasteiger partial charge in [0.25, 0.3) is 0 Å². The van der Waals surface area contributed by atoms with Crippen LogP contribution in [-0.2, 0) is 16.8 Å². The van der Waals surface area contributed by atoms with Crippen LogP contribution in [0.4, 0.5) is 5.69 Å². The first kappa shape index (κ1) is 15.9. The first-order chi connectivity index (χ1) is 12.0. The smallest absolute Gasteiger partial charge is 0.220 e. The van der Waals surface area contributed by atoms with Crippen LogP contribution >= 0.6 is 0 Å². The molecule has 4 heteroatoms. The molecule has 4 rings (SSSR count). The fourth-order valence-electron chi connectivity index (χ4n) is 3.66. The number of carbonyl (C=O) groups is 1. The molecule has 2 aliphatic heterocycles. The molecule has 25 heavy (non-hydrogen) atoms. The Morgan fingerprint density at radius 3 is 2.64 bits per heavy atom. The number of benzene rings is 2. The van der Waals surface area contributed by atoms with Crippen molar-refractivity contribution in [3.8, 4) is 0 Å². The SMILES string of the molecule is CC1(c2ccc(CC3=Cc4ccccc4NC3O)cc2)CCC(=O)N1. The second-order valence-corrected chi connectivity index (χ2v) is 7.11. The number of rotatable bonds is 3. The second-order valence-electron chi connectivity index (χ2n) is 7.11. The highest BCUT2D eigenvalue weighted by molar-refractivity contribution is 5.79. The molecular formula is C21H22N2O2. The Bertz CT molecular complexity index is 841. The van der Waals surface area contributed by atoms with Crippen molar-refractivity contribution in [1.29, 1.82) is 0 Å². The van der Waals surface area contributed by atoms with Crippen LogP contribution in [0.5, 0.6) is 0 Å². The van der Waals surface area contributed by atoms with Gasteiger partial charge in [0.2, 0.25) is 5.91 Å². The lowest BCUT2D eigenvalue weighted by Crippen LogP contribution is -2.35. The van der Waals surface area contributed by atoms with E-state index in [-0.39, 0.29) is 11.4 Å². The first-order valence-corrected chi connectivity index (χ1v) is 8.68. The van der Waals surface area contributed by atoms with Crippen LogP contribution in [0.3, 0.4) is 0 Å². The Hall–Kier alpha value is -2.59. The van der Waals surface area contributed by atoms with Crippen LogP contribution in [0.25, 0.3) is 6.08 Å². The number of amides is 1. The van der Waals surface area contributed by atoms with Gasteiger partial charge in [0.1, 0.15) is 6.23 Å². The molecule has 2 aromatic rings. The van der Waals surface area contributed by atoms with E-state index < -0.39 is 6.23 Å². The molecule has 4 nitrogen and oxygen atoms in total. The van der Waals surface area contributed by atoms with Crippen molar-refractivity contribution >= 4 is 17.7 Å². The van der Waals surface area contributed by atoms with Crippen LogP contribution in [0.15, 0.2) is 54.1 Å². The number of anilines is 1. The summed E-state index contributed by atoms with van der Waals surface area (Å²) in [7, 11) is 0. The Morgan fingerprint density at radius 1 is 1.16 bits per heavy atom. The summed E-state index contributed by atoms with van der Waals surface area (Å²) >= 11 is 0. The maximum atomic E-state index is 11.5. The van der Waals surface area contributed by atoms with Crippen molar-refractivity contribution in [2.24, 2.45) is 0 Å². The van der Waals surface area contributed by atoms with Crippen LogP contribution in [0, 0.1) is 0 Å². The molecule has 0 radical (unpaired) electrons. The number of carbonyl (C=O) groups excluding carboxylic acids is 1. The van der Waals surface area contributed by atoms with Crippen molar-refractivity contribution in [1.82, 2.24) is 5.32 Å². The Kier molecular flexibility index (Phi) is 3.85. The average Bonchev–Trinajstić information content (AvgIpc) is 2.96. The van der Waals surface area contributed by atoms with Gasteiger partial charge in [-0.15, -0.1) is 0 Å². The van der Waals surface area contributed by atoms with Gasteiger partial charge in [-0.1, -0.05) is 42.5 Å². The summed E-state index contributed by atoms with van der Waals surface area (Å²) in [5.41, 5.74) is 5.01. The fourth-order valence-corrected chi connectivity index (χ4v) is 3.66. The zero-order valence-electron chi connectivity index (χ0n) is 14.3. The highest BCUT2D eigenvalue weighted by Gasteiger charge is 2.34. The molecule has 0 spiro atoms. The average molecular weight is 334 g/mol. The number of aliphatic hydroxyl groups excluding tert-OH is 1. The number of hydrogen-bond donors (Lipinski definition) is 3. The Morgan fingerprint density at radius 2 is 1.92 bits per heavy atom. The molecule has 1 saturated heterocycles. The third kappa shape index (κ3) is 3.05. The van der Waals surface area contributed by atoms with Crippen LogP contribution in [-0.4, -0.2) is 17.2 Å². The number of hydrogen-bond acceptors (Lipinski definition) is 3. The highest BCUT2D eigenvalue weighted by atomic mass is 16.3. The van der Waals surface area contributed by atoms with Crippen LogP contribution < -0.4 is 10.6 Å². The van der Waals surface area contributed by atoms with E-state index in [9.17, 15) is 9.90 Å². The van der Waals surface area contributed by atoms with Gasteiger partial charge in [0.15, 0.2) is 0 Å². The van der Waals surface area contributed by atoms with Crippen molar-refractivity contribution in [2.75, 3.05) is 5.32 Å². The topological polar surface area (TPSA) is 61.4 Å².